The standard InChI is InChI=1S/C10H9I2N3/c1-13-6-3-2-5-9(10(13)11)14-7-4-8-15(14)12/h2-5,7-8H,1H3/q+2. The molecule has 76 valence electrons. The highest BCUT2D eigenvalue weighted by Crippen LogP contribution is 2.19. The topological polar surface area (TPSA) is 11.8 Å². The van der Waals surface area contributed by atoms with E-state index in [2.05, 4.69) is 62.1 Å². The average molecular weight is 425 g/mol. The molecule has 0 spiro atoms. The zero-order valence-electron chi connectivity index (χ0n) is 8.06. The van der Waals surface area contributed by atoms with Gasteiger partial charge in [-0.1, -0.05) is 0 Å². The van der Waals surface area contributed by atoms with Crippen molar-refractivity contribution in [3.63, 3.8) is 0 Å². The van der Waals surface area contributed by atoms with E-state index in [1.807, 2.05) is 45.1 Å². The maximum atomic E-state index is 3.14. The third-order valence-electron chi connectivity index (χ3n) is 2.01. The van der Waals surface area contributed by atoms with Crippen LogP contribution in [0.15, 0.2) is 40.4 Å². The molecule has 0 aromatic carbocycles. The zero-order valence-corrected chi connectivity index (χ0v) is 12.4. The Morgan fingerprint density at radius 2 is 2.27 bits per heavy atom. The van der Waals surface area contributed by atoms with Gasteiger partial charge in [0.05, 0.1) is 6.20 Å². The molecular weight excluding hydrogens is 416 g/mol. The molecule has 0 bridgehead atoms. The molecule has 15 heavy (non-hydrogen) atoms. The number of halogens is 2. The van der Waals surface area contributed by atoms with Crippen molar-refractivity contribution in [3.8, 4) is 0 Å². The van der Waals surface area contributed by atoms with Gasteiger partial charge in [-0.15, -0.1) is 9.26 Å². The Hall–Kier alpha value is -0.400. The summed E-state index contributed by atoms with van der Waals surface area (Å²) in [5.74, 6) is 3.14. The lowest BCUT2D eigenvalue weighted by molar-refractivity contribution is -0.530. The minimum absolute atomic E-state index is 1.14. The van der Waals surface area contributed by atoms with E-state index in [0.29, 0.717) is 0 Å². The summed E-state index contributed by atoms with van der Waals surface area (Å²) in [6, 6.07) is 2.01. The Balaban J connectivity index is 2.60. The van der Waals surface area contributed by atoms with Crippen LogP contribution in [0.2, 0.25) is 0 Å². The number of nitrogens with zero attached hydrogens (tertiary/aromatic N) is 3. The second kappa shape index (κ2) is 4.63. The van der Waals surface area contributed by atoms with Crippen molar-refractivity contribution in [3.05, 3.63) is 40.4 Å². The third kappa shape index (κ3) is 2.24. The first-order chi connectivity index (χ1) is 7.20. The molecule has 0 saturated carbocycles. The highest BCUT2D eigenvalue weighted by atomic mass is 127. The first kappa shape index (κ1) is 11.1. The van der Waals surface area contributed by atoms with Crippen molar-refractivity contribution in [2.24, 2.45) is 0 Å². The molecule has 0 fully saturated rings. The lowest BCUT2D eigenvalue weighted by Crippen LogP contribution is -2.30. The van der Waals surface area contributed by atoms with Crippen molar-refractivity contribution >= 4 is 57.0 Å². The fourth-order valence-corrected chi connectivity index (χ4v) is 2.40. The first-order valence-corrected chi connectivity index (χ1v) is 6.40. The van der Waals surface area contributed by atoms with E-state index in [1.165, 1.54) is 0 Å². The molecule has 5 heteroatoms. The van der Waals surface area contributed by atoms with Crippen molar-refractivity contribution < 1.29 is 7.47 Å². The van der Waals surface area contributed by atoms with E-state index in [-0.39, 0.29) is 0 Å². The molecule has 0 aliphatic carbocycles. The Morgan fingerprint density at radius 3 is 2.93 bits per heavy atom. The van der Waals surface area contributed by atoms with Crippen LogP contribution in [-0.2, 0) is 0 Å². The van der Waals surface area contributed by atoms with E-state index in [4.69, 9.17) is 0 Å². The fourth-order valence-electron chi connectivity index (χ4n) is 1.27. The molecule has 1 aromatic rings. The molecule has 2 heterocycles. The summed E-state index contributed by atoms with van der Waals surface area (Å²) in [6.45, 7) is 0. The summed E-state index contributed by atoms with van der Waals surface area (Å²) in [5, 5.41) is 0. The van der Waals surface area contributed by atoms with E-state index in [9.17, 15) is 0 Å². The molecule has 0 saturated heterocycles. The molecule has 1 aliphatic heterocycles. The summed E-state index contributed by atoms with van der Waals surface area (Å²) in [6.07, 6.45) is 10.0. The van der Waals surface area contributed by atoms with E-state index >= 15 is 0 Å². The van der Waals surface area contributed by atoms with Gasteiger partial charge < -0.3 is 0 Å². The molecule has 2 rings (SSSR count). The van der Waals surface area contributed by atoms with Crippen LogP contribution in [0.4, 0.5) is 0 Å². The van der Waals surface area contributed by atoms with E-state index < -0.39 is 0 Å². The van der Waals surface area contributed by atoms with Crippen LogP contribution < -0.4 is 2.90 Å². The summed E-state index contributed by atoms with van der Waals surface area (Å²) >= 11 is 4.57. The predicted molar refractivity (Wildman–Crippen MR) is 76.2 cm³/mol. The molecular formula is C10H9I2N3+2. The van der Waals surface area contributed by atoms with Crippen molar-refractivity contribution in [2.45, 2.75) is 0 Å². The van der Waals surface area contributed by atoms with Crippen molar-refractivity contribution in [2.75, 3.05) is 7.05 Å². The van der Waals surface area contributed by atoms with Gasteiger partial charge in [0.15, 0.2) is 11.6 Å². The van der Waals surface area contributed by atoms with Gasteiger partial charge in [0, 0.05) is 34.7 Å². The first-order valence-electron chi connectivity index (χ1n) is 4.35. The van der Waals surface area contributed by atoms with Gasteiger partial charge in [0.1, 0.15) is 7.05 Å². The SMILES string of the molecule is C[N+]1=C=CC=CC(n2ccc[n+]2I)=C1I. The maximum absolute atomic E-state index is 3.14. The lowest BCUT2D eigenvalue weighted by atomic mass is 10.4. The molecule has 3 nitrogen and oxygen atoms in total. The van der Waals surface area contributed by atoms with E-state index in [1.54, 1.807) is 0 Å². The van der Waals surface area contributed by atoms with Crippen LogP contribution in [-0.4, -0.2) is 22.2 Å². The number of hydrogen-bond acceptors (Lipinski definition) is 0. The van der Waals surface area contributed by atoms with Crippen molar-refractivity contribution in [1.29, 1.82) is 0 Å². The molecule has 0 radical (unpaired) electrons. The Morgan fingerprint density at radius 1 is 1.47 bits per heavy atom. The van der Waals surface area contributed by atoms with Gasteiger partial charge >= 0.3 is 22.9 Å². The van der Waals surface area contributed by atoms with Gasteiger partial charge in [-0.3, -0.25) is 0 Å². The quantitative estimate of drug-likeness (QED) is 0.371. The fraction of sp³-hybridized carbons (Fsp3) is 0.100. The highest BCUT2D eigenvalue weighted by Gasteiger charge is 2.18. The molecule has 0 amide bonds. The van der Waals surface area contributed by atoms with Gasteiger partial charge in [0.2, 0.25) is 6.20 Å². The highest BCUT2D eigenvalue weighted by molar-refractivity contribution is 14.1. The van der Waals surface area contributed by atoms with Crippen LogP contribution in [0.3, 0.4) is 0 Å². The molecule has 0 unspecified atom stereocenters. The summed E-state index contributed by atoms with van der Waals surface area (Å²) in [5.41, 5.74) is 1.14. The molecule has 1 aromatic heterocycles. The van der Waals surface area contributed by atoms with Crippen molar-refractivity contribution in [1.82, 2.24) is 4.68 Å². The Kier molecular flexibility index (Phi) is 3.42. The largest absolute Gasteiger partial charge is 0.382 e. The van der Waals surface area contributed by atoms with Crippen LogP contribution in [0.25, 0.3) is 5.70 Å². The normalized spacial score (nSPS) is 15.5. The summed E-state index contributed by atoms with van der Waals surface area (Å²) in [4.78, 5) is 0. The monoisotopic (exact) mass is 425 g/mol. The van der Waals surface area contributed by atoms with Crippen LogP contribution in [0.1, 0.15) is 0 Å². The van der Waals surface area contributed by atoms with Crippen LogP contribution >= 0.6 is 45.5 Å². The smallest absolute Gasteiger partial charge is 0.146 e. The van der Waals surface area contributed by atoms with E-state index in [0.717, 1.165) is 9.40 Å². The van der Waals surface area contributed by atoms with Gasteiger partial charge in [-0.25, -0.2) is 0 Å². The second-order valence-corrected chi connectivity index (χ2v) is 5.02. The third-order valence-corrected chi connectivity index (χ3v) is 4.08. The van der Waals surface area contributed by atoms with Crippen LogP contribution in [0, 0.1) is 0 Å². The number of allylic oxidation sites excluding steroid dienone is 4. The molecule has 0 atom stereocenters. The average Bonchev–Trinajstić information content (AvgIpc) is 2.56. The zero-order chi connectivity index (χ0) is 10.8. The number of aromatic nitrogens is 2. The maximum Gasteiger partial charge on any atom is 0.382 e. The number of rotatable bonds is 1. The Labute approximate surface area is 116 Å². The second-order valence-electron chi connectivity index (χ2n) is 3.01. The summed E-state index contributed by atoms with van der Waals surface area (Å²) in [7, 11) is 1.99. The molecule has 1 aliphatic rings. The predicted octanol–water partition coefficient (Wildman–Crippen LogP) is 1.97. The number of hydrogen-bond donors (Lipinski definition) is 0. The van der Waals surface area contributed by atoms with Gasteiger partial charge in [0.25, 0.3) is 3.70 Å². The Bertz CT molecular complexity index is 517. The lowest BCUT2D eigenvalue weighted by Gasteiger charge is -1.98. The van der Waals surface area contributed by atoms with Gasteiger partial charge in [-0.05, 0) is 15.0 Å². The van der Waals surface area contributed by atoms with Crippen LogP contribution in [0.5, 0.6) is 0 Å². The molecule has 0 N–H and O–H groups in total. The van der Waals surface area contributed by atoms with Gasteiger partial charge in [-0.2, -0.15) is 0 Å². The minimum Gasteiger partial charge on any atom is -0.146 e. The summed E-state index contributed by atoms with van der Waals surface area (Å²) < 4.78 is 7.21. The minimum atomic E-state index is 1.14.